The lowest BCUT2D eigenvalue weighted by atomic mass is 10.1. The molecule has 1 nitrogen and oxygen atoms in total. The van der Waals surface area contributed by atoms with E-state index in [0.717, 1.165) is 36.0 Å². The first kappa shape index (κ1) is 15.6. The van der Waals surface area contributed by atoms with E-state index < -0.39 is 23.4 Å². The van der Waals surface area contributed by atoms with Crippen molar-refractivity contribution in [2.45, 2.75) is 16.8 Å². The van der Waals surface area contributed by atoms with Crippen LogP contribution in [0.25, 0.3) is 0 Å². The minimum absolute atomic E-state index is 0.0156. The Labute approximate surface area is 122 Å². The molecule has 2 N–H and O–H groups in total. The summed E-state index contributed by atoms with van der Waals surface area (Å²) in [4.78, 5) is -0.262. The van der Waals surface area contributed by atoms with E-state index in [1.165, 1.54) is 12.1 Å². The number of alkyl halides is 3. The Morgan fingerprint density at radius 1 is 1.00 bits per heavy atom. The average Bonchev–Trinajstić information content (AvgIpc) is 2.36. The van der Waals surface area contributed by atoms with Gasteiger partial charge in [-0.1, -0.05) is 18.2 Å². The Bertz CT molecular complexity index is 631. The van der Waals surface area contributed by atoms with Crippen molar-refractivity contribution >= 4 is 17.4 Å². The van der Waals surface area contributed by atoms with Crippen LogP contribution in [0.5, 0.6) is 0 Å². The molecular weight excluding hydrogens is 309 g/mol. The molecule has 0 bridgehead atoms. The molecule has 2 aromatic rings. The van der Waals surface area contributed by atoms with Crippen LogP contribution in [-0.4, -0.2) is 0 Å². The Morgan fingerprint density at radius 3 is 2.19 bits per heavy atom. The number of hydrogen-bond donors (Lipinski definition) is 1. The van der Waals surface area contributed by atoms with Crippen LogP contribution in [0.2, 0.25) is 0 Å². The normalized spacial score (nSPS) is 11.7. The summed E-state index contributed by atoms with van der Waals surface area (Å²) in [7, 11) is 0. The van der Waals surface area contributed by atoms with Crippen molar-refractivity contribution in [3.05, 3.63) is 59.2 Å². The number of nitrogens with two attached hydrogens (primary N) is 1. The Morgan fingerprint density at radius 2 is 1.62 bits per heavy atom. The maximum atomic E-state index is 13.6. The molecule has 112 valence electrons. The predicted octanol–water partition coefficient (Wildman–Crippen LogP) is 4.86. The molecule has 0 spiro atoms. The van der Waals surface area contributed by atoms with Crippen molar-refractivity contribution in [3.63, 3.8) is 0 Å². The molecule has 0 saturated carbocycles. The first-order valence-corrected chi connectivity index (χ1v) is 6.79. The minimum atomic E-state index is -4.45. The number of thioether (sulfide) groups is 1. The van der Waals surface area contributed by atoms with Gasteiger partial charge in [0.15, 0.2) is 0 Å². The van der Waals surface area contributed by atoms with E-state index in [0.29, 0.717) is 5.56 Å². The third kappa shape index (κ3) is 3.87. The van der Waals surface area contributed by atoms with Crippen LogP contribution in [0.4, 0.5) is 27.6 Å². The second-order valence-corrected chi connectivity index (χ2v) is 5.29. The van der Waals surface area contributed by atoms with Gasteiger partial charge in [0.1, 0.15) is 11.6 Å². The molecule has 0 unspecified atom stereocenters. The van der Waals surface area contributed by atoms with Gasteiger partial charge in [0, 0.05) is 11.4 Å². The Kier molecular flexibility index (Phi) is 4.41. The van der Waals surface area contributed by atoms with E-state index in [9.17, 15) is 22.0 Å². The monoisotopic (exact) mass is 319 g/mol. The predicted molar refractivity (Wildman–Crippen MR) is 71.8 cm³/mol. The standard InChI is InChI=1S/C14H10F5NS/c15-11-5-10(20)6-12(16)13(11)21-7-8-2-1-3-9(4-8)14(17,18)19/h1-6H,7,20H2. The number of nitrogen functional groups attached to an aromatic ring is 1. The SMILES string of the molecule is Nc1cc(F)c(SCc2cccc(C(F)(F)F)c2)c(F)c1. The van der Waals surface area contributed by atoms with Crippen LogP contribution >= 0.6 is 11.8 Å². The lowest BCUT2D eigenvalue weighted by Crippen LogP contribution is -2.05. The molecule has 0 aliphatic heterocycles. The van der Waals surface area contributed by atoms with Crippen molar-refractivity contribution in [2.24, 2.45) is 0 Å². The zero-order chi connectivity index (χ0) is 15.6. The second kappa shape index (κ2) is 5.93. The molecule has 0 aliphatic carbocycles. The molecule has 2 aromatic carbocycles. The molecule has 0 aromatic heterocycles. The van der Waals surface area contributed by atoms with Gasteiger partial charge in [-0.2, -0.15) is 13.2 Å². The third-order valence-electron chi connectivity index (χ3n) is 2.66. The summed E-state index contributed by atoms with van der Waals surface area (Å²) in [5.74, 6) is -1.64. The maximum absolute atomic E-state index is 13.6. The van der Waals surface area contributed by atoms with Gasteiger partial charge in [-0.15, -0.1) is 11.8 Å². The van der Waals surface area contributed by atoms with Gasteiger partial charge in [-0.3, -0.25) is 0 Å². The van der Waals surface area contributed by atoms with Crippen molar-refractivity contribution < 1.29 is 22.0 Å². The number of halogens is 5. The van der Waals surface area contributed by atoms with Crippen LogP contribution in [0.15, 0.2) is 41.3 Å². The van der Waals surface area contributed by atoms with Crippen LogP contribution < -0.4 is 5.73 Å². The van der Waals surface area contributed by atoms with Crippen LogP contribution in [0.1, 0.15) is 11.1 Å². The molecule has 0 radical (unpaired) electrons. The Hall–Kier alpha value is -1.76. The highest BCUT2D eigenvalue weighted by atomic mass is 32.2. The summed E-state index contributed by atoms with van der Waals surface area (Å²) >= 11 is 0.782. The fourth-order valence-electron chi connectivity index (χ4n) is 1.71. The smallest absolute Gasteiger partial charge is 0.399 e. The first-order chi connectivity index (χ1) is 9.77. The summed E-state index contributed by atoms with van der Waals surface area (Å²) in [6.45, 7) is 0. The molecule has 0 amide bonds. The van der Waals surface area contributed by atoms with Crippen LogP contribution in [0.3, 0.4) is 0 Å². The highest BCUT2D eigenvalue weighted by molar-refractivity contribution is 7.98. The van der Waals surface area contributed by atoms with Gasteiger partial charge in [0.25, 0.3) is 0 Å². The van der Waals surface area contributed by atoms with Gasteiger partial charge < -0.3 is 5.73 Å². The second-order valence-electron chi connectivity index (χ2n) is 4.30. The van der Waals surface area contributed by atoms with Crippen molar-refractivity contribution in [1.29, 1.82) is 0 Å². The molecule has 0 fully saturated rings. The number of anilines is 1. The average molecular weight is 319 g/mol. The minimum Gasteiger partial charge on any atom is -0.399 e. The highest BCUT2D eigenvalue weighted by Crippen LogP contribution is 2.33. The van der Waals surface area contributed by atoms with Gasteiger partial charge in [0.05, 0.1) is 10.5 Å². The summed E-state index contributed by atoms with van der Waals surface area (Å²) in [6, 6.07) is 6.57. The summed E-state index contributed by atoms with van der Waals surface area (Å²) in [5, 5.41) is 0. The van der Waals surface area contributed by atoms with Gasteiger partial charge in [-0.25, -0.2) is 8.78 Å². The molecule has 0 saturated heterocycles. The molecular formula is C14H10F5NS. The molecule has 21 heavy (non-hydrogen) atoms. The summed E-state index contributed by atoms with van der Waals surface area (Å²) in [5.41, 5.74) is 4.77. The van der Waals surface area contributed by atoms with E-state index >= 15 is 0 Å². The Balaban J connectivity index is 2.18. The molecule has 0 heterocycles. The van der Waals surface area contributed by atoms with Crippen molar-refractivity contribution in [2.75, 3.05) is 5.73 Å². The molecule has 0 aliphatic rings. The summed E-state index contributed by atoms with van der Waals surface area (Å²) in [6.07, 6.45) is -4.45. The lowest BCUT2D eigenvalue weighted by molar-refractivity contribution is -0.137. The molecule has 2 rings (SSSR count). The highest BCUT2D eigenvalue weighted by Gasteiger charge is 2.30. The van der Waals surface area contributed by atoms with Crippen LogP contribution in [0, 0.1) is 11.6 Å². The van der Waals surface area contributed by atoms with E-state index in [1.807, 2.05) is 0 Å². The van der Waals surface area contributed by atoms with E-state index in [4.69, 9.17) is 5.73 Å². The number of rotatable bonds is 3. The van der Waals surface area contributed by atoms with Crippen LogP contribution in [-0.2, 0) is 11.9 Å². The fourth-order valence-corrected chi connectivity index (χ4v) is 2.59. The van der Waals surface area contributed by atoms with E-state index in [2.05, 4.69) is 0 Å². The quantitative estimate of drug-likeness (QED) is 0.497. The lowest BCUT2D eigenvalue weighted by Gasteiger charge is -2.09. The van der Waals surface area contributed by atoms with Crippen molar-refractivity contribution in [1.82, 2.24) is 0 Å². The van der Waals surface area contributed by atoms with E-state index in [1.54, 1.807) is 0 Å². The topological polar surface area (TPSA) is 26.0 Å². The molecule has 7 heteroatoms. The zero-order valence-electron chi connectivity index (χ0n) is 10.5. The van der Waals surface area contributed by atoms with Gasteiger partial charge in [0.2, 0.25) is 0 Å². The zero-order valence-corrected chi connectivity index (χ0v) is 11.4. The number of hydrogen-bond acceptors (Lipinski definition) is 2. The van der Waals surface area contributed by atoms with Gasteiger partial charge in [-0.05, 0) is 23.8 Å². The van der Waals surface area contributed by atoms with Crippen molar-refractivity contribution in [3.8, 4) is 0 Å². The largest absolute Gasteiger partial charge is 0.416 e. The van der Waals surface area contributed by atoms with E-state index in [-0.39, 0.29) is 16.3 Å². The third-order valence-corrected chi connectivity index (χ3v) is 3.81. The maximum Gasteiger partial charge on any atom is 0.416 e. The number of benzene rings is 2. The first-order valence-electron chi connectivity index (χ1n) is 5.81. The summed E-state index contributed by atoms with van der Waals surface area (Å²) < 4.78 is 64.8. The van der Waals surface area contributed by atoms with Gasteiger partial charge >= 0.3 is 6.18 Å². The fraction of sp³-hybridized carbons (Fsp3) is 0.143. The molecule has 0 atom stereocenters.